The van der Waals surface area contributed by atoms with E-state index >= 15 is 0 Å². The van der Waals surface area contributed by atoms with Crippen LogP contribution in [0.1, 0.15) is 41.7 Å². The van der Waals surface area contributed by atoms with E-state index < -0.39 is 0 Å². The molecule has 22 heavy (non-hydrogen) atoms. The summed E-state index contributed by atoms with van der Waals surface area (Å²) in [5, 5.41) is 10.9. The molecular weight excluding hydrogens is 296 g/mol. The van der Waals surface area contributed by atoms with Crippen LogP contribution in [-0.2, 0) is 29.7 Å². The number of thiazole rings is 1. The van der Waals surface area contributed by atoms with Gasteiger partial charge in [0.25, 0.3) is 0 Å². The van der Waals surface area contributed by atoms with Crippen molar-refractivity contribution in [2.24, 2.45) is 0 Å². The second-order valence-corrected chi connectivity index (χ2v) is 7.17. The van der Waals surface area contributed by atoms with Crippen LogP contribution in [0.5, 0.6) is 0 Å². The summed E-state index contributed by atoms with van der Waals surface area (Å²) < 4.78 is 6.20. The first-order chi connectivity index (χ1) is 10.8. The van der Waals surface area contributed by atoms with Crippen LogP contribution in [0, 0.1) is 0 Å². The van der Waals surface area contributed by atoms with Crippen LogP contribution in [-0.4, -0.2) is 39.8 Å². The number of aromatic nitrogens is 3. The van der Waals surface area contributed by atoms with Gasteiger partial charge in [-0.1, -0.05) is 6.92 Å². The Hall–Kier alpha value is -1.24. The van der Waals surface area contributed by atoms with E-state index in [0.29, 0.717) is 0 Å². The van der Waals surface area contributed by atoms with Gasteiger partial charge in [0.2, 0.25) is 0 Å². The lowest BCUT2D eigenvalue weighted by Crippen LogP contribution is -2.46. The first-order valence-electron chi connectivity index (χ1n) is 8.11. The number of nitrogens with zero attached hydrogens (tertiary/aromatic N) is 3. The van der Waals surface area contributed by atoms with Gasteiger partial charge < -0.3 is 4.74 Å². The van der Waals surface area contributed by atoms with E-state index in [-0.39, 0.29) is 5.60 Å². The van der Waals surface area contributed by atoms with Crippen molar-refractivity contribution >= 4 is 11.3 Å². The van der Waals surface area contributed by atoms with Gasteiger partial charge in [-0.15, -0.1) is 11.3 Å². The van der Waals surface area contributed by atoms with Crippen LogP contribution >= 0.6 is 11.3 Å². The average molecular weight is 318 g/mol. The maximum atomic E-state index is 6.20. The number of rotatable bonds is 3. The van der Waals surface area contributed by atoms with Crippen molar-refractivity contribution < 1.29 is 4.74 Å². The number of ether oxygens (including phenoxy) is 1. The van der Waals surface area contributed by atoms with Crippen LogP contribution in [0.2, 0.25) is 0 Å². The maximum Gasteiger partial charge on any atom is 0.112 e. The summed E-state index contributed by atoms with van der Waals surface area (Å²) in [7, 11) is 0. The number of hydrogen-bond acceptors (Lipinski definition) is 5. The van der Waals surface area contributed by atoms with Crippen molar-refractivity contribution in [2.75, 3.05) is 19.7 Å². The van der Waals surface area contributed by atoms with E-state index in [1.54, 1.807) is 11.3 Å². The number of likely N-dealkylation sites (tertiary alicyclic amines) is 1. The zero-order valence-corrected chi connectivity index (χ0v) is 13.8. The number of nitrogens with one attached hydrogen (secondary N) is 1. The smallest absolute Gasteiger partial charge is 0.112 e. The number of fused-ring (bicyclic) bond motifs is 2. The summed E-state index contributed by atoms with van der Waals surface area (Å²) in [5.74, 6) is 0. The van der Waals surface area contributed by atoms with Gasteiger partial charge in [-0.25, -0.2) is 4.98 Å². The molecule has 2 aliphatic rings. The molecule has 0 atom stereocenters. The van der Waals surface area contributed by atoms with Gasteiger partial charge >= 0.3 is 0 Å². The molecule has 1 fully saturated rings. The Labute approximate surface area is 134 Å². The van der Waals surface area contributed by atoms with Crippen molar-refractivity contribution in [1.29, 1.82) is 0 Å². The molecule has 0 unspecified atom stereocenters. The SMILES string of the molecule is CCc1nc(CN2CCC3(CC2)OCCc2cn[nH]c23)cs1. The summed E-state index contributed by atoms with van der Waals surface area (Å²) in [6.07, 6.45) is 6.05. The molecule has 0 aromatic carbocycles. The third kappa shape index (κ3) is 2.49. The first-order valence-corrected chi connectivity index (χ1v) is 8.99. The minimum absolute atomic E-state index is 0.128. The lowest BCUT2D eigenvalue weighted by atomic mass is 9.84. The monoisotopic (exact) mass is 318 g/mol. The van der Waals surface area contributed by atoms with Crippen molar-refractivity contribution in [1.82, 2.24) is 20.1 Å². The largest absolute Gasteiger partial charge is 0.368 e. The van der Waals surface area contributed by atoms with Gasteiger partial charge in [0.15, 0.2) is 0 Å². The molecule has 0 amide bonds. The van der Waals surface area contributed by atoms with Gasteiger partial charge in [-0.3, -0.25) is 10.00 Å². The normalized spacial score (nSPS) is 21.1. The highest BCUT2D eigenvalue weighted by Crippen LogP contribution is 2.40. The minimum atomic E-state index is -0.128. The van der Waals surface area contributed by atoms with Crippen molar-refractivity contribution in [3.63, 3.8) is 0 Å². The van der Waals surface area contributed by atoms with Gasteiger partial charge in [-0.05, 0) is 31.2 Å². The van der Waals surface area contributed by atoms with Crippen LogP contribution in [0.15, 0.2) is 11.6 Å². The Kier molecular flexibility index (Phi) is 3.76. The maximum absolute atomic E-state index is 6.20. The Morgan fingerprint density at radius 2 is 2.27 bits per heavy atom. The molecule has 1 spiro atoms. The van der Waals surface area contributed by atoms with Gasteiger partial charge in [0, 0.05) is 25.0 Å². The predicted octanol–water partition coefficient (Wildman–Crippen LogP) is 2.49. The van der Waals surface area contributed by atoms with Crippen molar-refractivity contribution in [3.05, 3.63) is 33.5 Å². The second kappa shape index (κ2) is 5.76. The fourth-order valence-corrected chi connectivity index (χ4v) is 4.34. The molecule has 2 aromatic heterocycles. The molecule has 5 nitrogen and oxygen atoms in total. The number of aromatic amines is 1. The molecule has 1 saturated heterocycles. The fraction of sp³-hybridized carbons (Fsp3) is 0.625. The Bertz CT molecular complexity index is 642. The van der Waals surface area contributed by atoms with Crippen LogP contribution < -0.4 is 0 Å². The number of hydrogen-bond donors (Lipinski definition) is 1. The highest BCUT2D eigenvalue weighted by molar-refractivity contribution is 7.09. The molecule has 0 saturated carbocycles. The lowest BCUT2D eigenvalue weighted by Gasteiger charge is -2.43. The molecule has 0 radical (unpaired) electrons. The Morgan fingerprint density at radius 3 is 3.05 bits per heavy atom. The highest BCUT2D eigenvalue weighted by Gasteiger charge is 2.42. The van der Waals surface area contributed by atoms with E-state index in [4.69, 9.17) is 4.74 Å². The molecule has 118 valence electrons. The van der Waals surface area contributed by atoms with Gasteiger partial charge in [0.05, 0.1) is 29.2 Å². The molecule has 0 bridgehead atoms. The van der Waals surface area contributed by atoms with E-state index in [1.807, 2.05) is 6.20 Å². The molecule has 1 N–H and O–H groups in total. The van der Waals surface area contributed by atoms with Gasteiger partial charge in [0.1, 0.15) is 5.60 Å². The number of aryl methyl sites for hydroxylation is 1. The summed E-state index contributed by atoms with van der Waals surface area (Å²) in [5.41, 5.74) is 3.65. The number of H-pyrrole nitrogens is 1. The van der Waals surface area contributed by atoms with E-state index in [1.165, 1.54) is 22.0 Å². The van der Waals surface area contributed by atoms with Crippen LogP contribution in [0.25, 0.3) is 0 Å². The second-order valence-electron chi connectivity index (χ2n) is 6.23. The molecule has 4 heterocycles. The summed E-state index contributed by atoms with van der Waals surface area (Å²) in [6, 6.07) is 0. The predicted molar refractivity (Wildman–Crippen MR) is 85.9 cm³/mol. The van der Waals surface area contributed by atoms with Crippen LogP contribution in [0.4, 0.5) is 0 Å². The fourth-order valence-electron chi connectivity index (χ4n) is 3.60. The van der Waals surface area contributed by atoms with Crippen molar-refractivity contribution in [3.8, 4) is 0 Å². The Balaban J connectivity index is 1.43. The number of piperidine rings is 1. The molecule has 0 aliphatic carbocycles. The summed E-state index contributed by atoms with van der Waals surface area (Å²) in [6.45, 7) is 6.05. The molecule has 4 rings (SSSR count). The third-order valence-corrected chi connectivity index (χ3v) is 5.92. The summed E-state index contributed by atoms with van der Waals surface area (Å²) >= 11 is 1.78. The van der Waals surface area contributed by atoms with E-state index in [9.17, 15) is 0 Å². The van der Waals surface area contributed by atoms with Crippen LogP contribution in [0.3, 0.4) is 0 Å². The summed E-state index contributed by atoms with van der Waals surface area (Å²) in [4.78, 5) is 7.18. The third-order valence-electron chi connectivity index (χ3n) is 4.87. The van der Waals surface area contributed by atoms with Gasteiger partial charge in [-0.2, -0.15) is 5.10 Å². The zero-order valence-electron chi connectivity index (χ0n) is 13.0. The molecule has 2 aliphatic heterocycles. The molecule has 2 aromatic rings. The highest BCUT2D eigenvalue weighted by atomic mass is 32.1. The Morgan fingerprint density at radius 1 is 1.41 bits per heavy atom. The topological polar surface area (TPSA) is 54.0 Å². The van der Waals surface area contributed by atoms with E-state index in [2.05, 4.69) is 32.4 Å². The minimum Gasteiger partial charge on any atom is -0.368 e. The molecular formula is C16H22N4OS. The zero-order chi connectivity index (χ0) is 15.0. The lowest BCUT2D eigenvalue weighted by molar-refractivity contribution is -0.102. The quantitative estimate of drug-likeness (QED) is 0.945. The average Bonchev–Trinajstić information content (AvgIpc) is 3.19. The molecule has 6 heteroatoms. The standard InChI is InChI=1S/C16H22N4OS/c1-2-14-18-13(11-22-14)10-20-6-4-16(5-7-20)15-12(3-8-21-16)9-17-19-15/h9,11H,2-8,10H2,1H3,(H,17,19). The van der Waals surface area contributed by atoms with Crippen molar-refractivity contribution in [2.45, 2.75) is 44.8 Å². The first kappa shape index (κ1) is 14.4. The van der Waals surface area contributed by atoms with E-state index in [0.717, 1.165) is 51.9 Å².